The lowest BCUT2D eigenvalue weighted by Crippen LogP contribution is -2.33. The van der Waals surface area contributed by atoms with E-state index in [4.69, 9.17) is 27.6 Å². The van der Waals surface area contributed by atoms with E-state index in [-0.39, 0.29) is 64.2 Å². The van der Waals surface area contributed by atoms with Crippen molar-refractivity contribution >= 4 is 46.6 Å². The van der Waals surface area contributed by atoms with Crippen LogP contribution in [0.5, 0.6) is 11.5 Å². The lowest BCUT2D eigenvalue weighted by Gasteiger charge is -2.24. The van der Waals surface area contributed by atoms with Gasteiger partial charge in [-0.3, -0.25) is 4.79 Å². The first-order valence-corrected chi connectivity index (χ1v) is 9.87. The maximum atomic E-state index is 13.5. The van der Waals surface area contributed by atoms with Crippen LogP contribution in [-0.4, -0.2) is 46.5 Å². The summed E-state index contributed by atoms with van der Waals surface area (Å²) in [4.78, 5) is 15.5. The number of likely N-dealkylation sites (tertiary alicyclic amines) is 1. The number of fused-ring (bicyclic) bond motifs is 1. The minimum atomic E-state index is -0.423. The maximum absolute atomic E-state index is 13.5. The third kappa shape index (κ3) is 3.63. The molecule has 1 aliphatic rings. The topological polar surface area (TPSA) is 94.1 Å². The van der Waals surface area contributed by atoms with Crippen molar-refractivity contribution in [3.63, 3.8) is 0 Å². The fourth-order valence-electron chi connectivity index (χ4n) is 4.13. The second-order valence-corrected chi connectivity index (χ2v) is 8.02. The number of aromatic hydroxyl groups is 2. The Hall–Kier alpha value is -1.96. The molecule has 3 N–H and O–H groups in total. The number of hydrogen-bond acceptors (Lipinski definition) is 6. The van der Waals surface area contributed by atoms with Gasteiger partial charge >= 0.3 is 0 Å². The van der Waals surface area contributed by atoms with Crippen molar-refractivity contribution in [2.45, 2.75) is 18.4 Å². The van der Waals surface area contributed by atoms with Crippen molar-refractivity contribution in [1.82, 2.24) is 4.90 Å². The smallest absolute Gasteiger partial charge is 0.200 e. The molecule has 2 unspecified atom stereocenters. The summed E-state index contributed by atoms with van der Waals surface area (Å²) in [5, 5.41) is 30.6. The van der Waals surface area contributed by atoms with E-state index in [2.05, 4.69) is 0 Å². The van der Waals surface area contributed by atoms with E-state index in [0.29, 0.717) is 29.1 Å². The molecule has 0 spiro atoms. The molecule has 0 bridgehead atoms. The molecule has 3 aromatic rings. The minimum absolute atomic E-state index is 0. The van der Waals surface area contributed by atoms with E-state index >= 15 is 0 Å². The average molecular weight is 473 g/mol. The molecule has 0 saturated carbocycles. The van der Waals surface area contributed by atoms with E-state index in [0.717, 1.165) is 6.07 Å². The lowest BCUT2D eigenvalue weighted by atomic mass is 9.88. The highest BCUT2D eigenvalue weighted by atomic mass is 35.5. The van der Waals surface area contributed by atoms with Crippen LogP contribution in [0.25, 0.3) is 22.3 Å². The van der Waals surface area contributed by atoms with Crippen LogP contribution in [0, 0.1) is 0 Å². The Balaban J connectivity index is 0.00000256. The number of likely N-dealkylation sites (N-methyl/N-ethyl adjacent to an activating group) is 1. The van der Waals surface area contributed by atoms with E-state index in [1.165, 1.54) is 6.07 Å². The summed E-state index contributed by atoms with van der Waals surface area (Å²) >= 11 is 12.6. The van der Waals surface area contributed by atoms with Crippen molar-refractivity contribution in [3.8, 4) is 22.8 Å². The number of aliphatic hydroxyl groups is 1. The summed E-state index contributed by atoms with van der Waals surface area (Å²) in [6.45, 7) is 0.556. The predicted molar refractivity (Wildman–Crippen MR) is 119 cm³/mol. The first-order valence-electron chi connectivity index (χ1n) is 9.11. The molecule has 1 fully saturated rings. The Kier molecular flexibility index (Phi) is 6.55. The standard InChI is InChI=1S/C21H19Cl2NO5.ClH/c1-24-6-5-11(14(24)9-25)17-20(28)18-15(27)7-10(26)8-16(18)29-21(17)12-3-2-4-13(22)19(12)23;/h2-4,7-8,11,14,25-27H,5-6,9H2,1H3;1H. The SMILES string of the molecule is CN1CCC(c2c(-c3cccc(Cl)c3Cl)oc3cc(O)cc(O)c3c2=O)C1CO.Cl. The van der Waals surface area contributed by atoms with Gasteiger partial charge in [-0.15, -0.1) is 12.4 Å². The quantitative estimate of drug-likeness (QED) is 0.524. The molecule has 0 radical (unpaired) electrons. The molecule has 6 nitrogen and oxygen atoms in total. The van der Waals surface area contributed by atoms with Crippen LogP contribution in [0.15, 0.2) is 39.5 Å². The lowest BCUT2D eigenvalue weighted by molar-refractivity contribution is 0.172. The predicted octanol–water partition coefficient (Wildman–Crippen LogP) is 4.38. The van der Waals surface area contributed by atoms with E-state index in [9.17, 15) is 20.1 Å². The van der Waals surface area contributed by atoms with E-state index in [1.54, 1.807) is 18.2 Å². The Morgan fingerprint density at radius 2 is 1.97 bits per heavy atom. The van der Waals surface area contributed by atoms with Crippen molar-refractivity contribution in [1.29, 1.82) is 0 Å². The van der Waals surface area contributed by atoms with Gasteiger partial charge in [0.15, 0.2) is 0 Å². The summed E-state index contributed by atoms with van der Waals surface area (Å²) in [6.07, 6.45) is 0.627. The number of hydrogen-bond donors (Lipinski definition) is 3. The van der Waals surface area contributed by atoms with Crippen molar-refractivity contribution in [2.24, 2.45) is 0 Å². The van der Waals surface area contributed by atoms with Crippen LogP contribution in [0.2, 0.25) is 10.0 Å². The van der Waals surface area contributed by atoms with Gasteiger partial charge in [-0.2, -0.15) is 0 Å². The fraction of sp³-hybridized carbons (Fsp3) is 0.286. The number of aliphatic hydroxyl groups excluding tert-OH is 1. The zero-order valence-electron chi connectivity index (χ0n) is 15.9. The molecule has 160 valence electrons. The molecule has 4 rings (SSSR count). The summed E-state index contributed by atoms with van der Waals surface area (Å²) < 4.78 is 6.03. The maximum Gasteiger partial charge on any atom is 0.200 e. The normalized spacial score (nSPS) is 19.2. The first-order chi connectivity index (χ1) is 13.8. The van der Waals surface area contributed by atoms with Gasteiger partial charge in [-0.1, -0.05) is 29.3 Å². The highest BCUT2D eigenvalue weighted by molar-refractivity contribution is 6.43. The summed E-state index contributed by atoms with van der Waals surface area (Å²) in [6, 6.07) is 7.10. The van der Waals surface area contributed by atoms with Gasteiger partial charge in [0, 0.05) is 35.2 Å². The zero-order valence-corrected chi connectivity index (χ0v) is 18.3. The molecular formula is C21H20Cl3NO5. The molecule has 1 aromatic heterocycles. The summed E-state index contributed by atoms with van der Waals surface area (Å²) in [5.41, 5.74) is 0.371. The Morgan fingerprint density at radius 1 is 1.23 bits per heavy atom. The molecule has 2 atom stereocenters. The molecule has 1 aliphatic heterocycles. The van der Waals surface area contributed by atoms with Crippen LogP contribution < -0.4 is 5.43 Å². The van der Waals surface area contributed by atoms with E-state index in [1.807, 2.05) is 11.9 Å². The van der Waals surface area contributed by atoms with Gasteiger partial charge in [0.1, 0.15) is 28.2 Å². The number of rotatable bonds is 3. The second kappa shape index (κ2) is 8.65. The molecular weight excluding hydrogens is 453 g/mol. The highest BCUT2D eigenvalue weighted by Crippen LogP contribution is 2.42. The van der Waals surface area contributed by atoms with Crippen molar-refractivity contribution in [2.75, 3.05) is 20.2 Å². The van der Waals surface area contributed by atoms with Crippen LogP contribution in [0.4, 0.5) is 0 Å². The van der Waals surface area contributed by atoms with Crippen LogP contribution in [0.1, 0.15) is 17.9 Å². The average Bonchev–Trinajstić information content (AvgIpc) is 3.03. The molecule has 30 heavy (non-hydrogen) atoms. The third-order valence-corrected chi connectivity index (χ3v) is 6.39. The summed E-state index contributed by atoms with van der Waals surface area (Å²) in [5.74, 6) is -0.712. The third-order valence-electron chi connectivity index (χ3n) is 5.57. The van der Waals surface area contributed by atoms with Crippen molar-refractivity contribution < 1.29 is 19.7 Å². The largest absolute Gasteiger partial charge is 0.508 e. The van der Waals surface area contributed by atoms with Crippen LogP contribution in [0.3, 0.4) is 0 Å². The monoisotopic (exact) mass is 471 g/mol. The molecule has 0 amide bonds. The molecule has 2 heterocycles. The number of phenolic OH excluding ortho intramolecular Hbond substituents is 2. The Labute approximate surface area is 188 Å². The zero-order chi connectivity index (χ0) is 20.9. The van der Waals surface area contributed by atoms with E-state index < -0.39 is 5.43 Å². The molecule has 1 saturated heterocycles. The number of halogens is 3. The molecule has 9 heteroatoms. The Bertz CT molecular complexity index is 1160. The first kappa shape index (κ1) is 22.7. The minimum Gasteiger partial charge on any atom is -0.508 e. The van der Waals surface area contributed by atoms with Crippen LogP contribution in [-0.2, 0) is 0 Å². The van der Waals surface area contributed by atoms with Gasteiger partial charge in [-0.05, 0) is 32.1 Å². The van der Waals surface area contributed by atoms with Gasteiger partial charge in [0.2, 0.25) is 5.43 Å². The summed E-state index contributed by atoms with van der Waals surface area (Å²) in [7, 11) is 1.88. The van der Waals surface area contributed by atoms with Crippen molar-refractivity contribution in [3.05, 3.63) is 56.2 Å². The van der Waals surface area contributed by atoms with Gasteiger partial charge in [0.25, 0.3) is 0 Å². The van der Waals surface area contributed by atoms with Gasteiger partial charge < -0.3 is 24.6 Å². The molecule has 0 aliphatic carbocycles. The van der Waals surface area contributed by atoms with Gasteiger partial charge in [0.05, 0.1) is 16.7 Å². The number of nitrogens with zero attached hydrogens (tertiary/aromatic N) is 1. The van der Waals surface area contributed by atoms with Crippen LogP contribution >= 0.6 is 35.6 Å². The van der Waals surface area contributed by atoms with Gasteiger partial charge in [-0.25, -0.2) is 0 Å². The Morgan fingerprint density at radius 3 is 2.67 bits per heavy atom. The fourth-order valence-corrected chi connectivity index (χ4v) is 4.51. The number of benzene rings is 2. The second-order valence-electron chi connectivity index (χ2n) is 7.24. The highest BCUT2D eigenvalue weighted by Gasteiger charge is 2.37. The molecule has 2 aromatic carbocycles. The number of phenols is 2.